The minimum atomic E-state index is -3.47. The molecule has 0 N–H and O–H groups in total. The van der Waals surface area contributed by atoms with E-state index in [1.807, 2.05) is 6.92 Å². The molecule has 2 aromatic rings. The number of ether oxygens (including phenoxy) is 1. The monoisotopic (exact) mass is 282 g/mol. The van der Waals surface area contributed by atoms with Crippen molar-refractivity contribution in [3.05, 3.63) is 24.7 Å². The van der Waals surface area contributed by atoms with Crippen molar-refractivity contribution in [1.82, 2.24) is 9.38 Å². The zero-order valence-electron chi connectivity index (χ0n) is 11.5. The third-order valence-electron chi connectivity index (χ3n) is 3.55. The van der Waals surface area contributed by atoms with Crippen LogP contribution in [0.5, 0.6) is 5.75 Å². The number of nitrogens with zero attached hydrogens (tertiary/aromatic N) is 2. The second kappa shape index (κ2) is 4.52. The van der Waals surface area contributed by atoms with Crippen LogP contribution >= 0.6 is 0 Å². The number of hydrogen-bond donors (Lipinski definition) is 0. The van der Waals surface area contributed by atoms with E-state index in [2.05, 4.69) is 4.98 Å². The number of fused-ring (bicyclic) bond motifs is 1. The number of methoxy groups -OCH3 is 1. The van der Waals surface area contributed by atoms with Crippen molar-refractivity contribution in [2.75, 3.05) is 7.11 Å². The fraction of sp³-hybridized carbons (Fsp3) is 0.462. The minimum absolute atomic E-state index is 0.201. The molecule has 0 spiro atoms. The third kappa shape index (κ3) is 2.10. The Kier molecular flexibility index (Phi) is 3.30. The normalized spacial score (nSPS) is 12.8. The predicted molar refractivity (Wildman–Crippen MR) is 73.3 cm³/mol. The van der Waals surface area contributed by atoms with E-state index in [1.54, 1.807) is 42.9 Å². The third-order valence-corrected chi connectivity index (χ3v) is 6.18. The Morgan fingerprint density at radius 2 is 2.11 bits per heavy atom. The maximum absolute atomic E-state index is 12.7. The maximum Gasteiger partial charge on any atom is 0.188 e. The molecule has 19 heavy (non-hydrogen) atoms. The van der Waals surface area contributed by atoms with Gasteiger partial charge in [0.05, 0.1) is 11.9 Å². The van der Waals surface area contributed by atoms with Crippen LogP contribution in [0, 0.1) is 0 Å². The summed E-state index contributed by atoms with van der Waals surface area (Å²) < 4.78 is 31.5. The Balaban J connectivity index is 2.73. The van der Waals surface area contributed by atoms with Gasteiger partial charge in [0.2, 0.25) is 0 Å². The second-order valence-corrected chi connectivity index (χ2v) is 7.57. The number of hydrogen-bond acceptors (Lipinski definition) is 4. The number of aromatic nitrogens is 2. The van der Waals surface area contributed by atoms with E-state index in [4.69, 9.17) is 4.74 Å². The van der Waals surface area contributed by atoms with Crippen molar-refractivity contribution in [3.8, 4) is 5.75 Å². The van der Waals surface area contributed by atoms with E-state index < -0.39 is 14.6 Å². The summed E-state index contributed by atoms with van der Waals surface area (Å²) in [5, 5.41) is 0. The van der Waals surface area contributed by atoms with E-state index >= 15 is 0 Å². The molecular formula is C13H18N2O3S. The zero-order valence-corrected chi connectivity index (χ0v) is 12.4. The average Bonchev–Trinajstić information content (AvgIpc) is 2.83. The van der Waals surface area contributed by atoms with Gasteiger partial charge in [-0.25, -0.2) is 13.4 Å². The van der Waals surface area contributed by atoms with Gasteiger partial charge in [0.15, 0.2) is 9.84 Å². The van der Waals surface area contributed by atoms with Crippen LogP contribution in [-0.4, -0.2) is 29.7 Å². The van der Waals surface area contributed by atoms with E-state index in [-0.39, 0.29) is 4.90 Å². The van der Waals surface area contributed by atoms with E-state index in [0.717, 1.165) is 0 Å². The number of sulfone groups is 1. The maximum atomic E-state index is 12.7. The minimum Gasteiger partial charge on any atom is -0.495 e. The first kappa shape index (κ1) is 13.9. The van der Waals surface area contributed by atoms with E-state index in [9.17, 15) is 8.42 Å². The van der Waals surface area contributed by atoms with Crippen LogP contribution in [0.2, 0.25) is 0 Å². The SMILES string of the molecule is CCC(C)(C)S(=O)(=O)c1cn2ccnc2cc1OC. The van der Waals surface area contributed by atoms with Crippen molar-refractivity contribution in [3.63, 3.8) is 0 Å². The number of pyridine rings is 1. The summed E-state index contributed by atoms with van der Waals surface area (Å²) in [7, 11) is -2.01. The summed E-state index contributed by atoms with van der Waals surface area (Å²) in [5.74, 6) is 0.334. The molecule has 0 unspecified atom stereocenters. The molecule has 0 aromatic carbocycles. The number of imidazole rings is 1. The lowest BCUT2D eigenvalue weighted by Crippen LogP contribution is -2.31. The second-order valence-electron chi connectivity index (χ2n) is 5.02. The van der Waals surface area contributed by atoms with Crippen LogP contribution in [0.15, 0.2) is 29.6 Å². The molecule has 0 radical (unpaired) electrons. The molecule has 0 bridgehead atoms. The summed E-state index contributed by atoms with van der Waals surface area (Å²) in [6, 6.07) is 1.64. The summed E-state index contributed by atoms with van der Waals surface area (Å²) in [5.41, 5.74) is 0.658. The molecule has 2 heterocycles. The molecule has 0 aliphatic heterocycles. The molecule has 0 aliphatic carbocycles. The van der Waals surface area contributed by atoms with Crippen LogP contribution < -0.4 is 4.74 Å². The standard InChI is InChI=1S/C13H18N2O3S/c1-5-13(2,3)19(16,17)11-9-15-7-6-14-12(15)8-10(11)18-4/h6-9H,5H2,1-4H3. The zero-order chi connectivity index (χ0) is 14.3. The lowest BCUT2D eigenvalue weighted by Gasteiger charge is -2.24. The van der Waals surface area contributed by atoms with Crippen LogP contribution in [0.25, 0.3) is 5.65 Å². The fourth-order valence-corrected chi connectivity index (χ4v) is 3.41. The Bertz CT molecular complexity index is 702. The van der Waals surface area contributed by atoms with Gasteiger partial charge >= 0.3 is 0 Å². The van der Waals surface area contributed by atoms with Gasteiger partial charge in [-0.05, 0) is 20.3 Å². The first-order chi connectivity index (χ1) is 8.83. The summed E-state index contributed by atoms with van der Waals surface area (Å²) in [6.45, 7) is 5.31. The largest absolute Gasteiger partial charge is 0.495 e. The van der Waals surface area contributed by atoms with Gasteiger partial charge in [0, 0.05) is 24.7 Å². The molecule has 104 valence electrons. The Morgan fingerprint density at radius 1 is 1.42 bits per heavy atom. The van der Waals surface area contributed by atoms with Crippen molar-refractivity contribution in [2.24, 2.45) is 0 Å². The topological polar surface area (TPSA) is 60.7 Å². The first-order valence-electron chi connectivity index (χ1n) is 6.09. The smallest absolute Gasteiger partial charge is 0.188 e. The highest BCUT2D eigenvalue weighted by Crippen LogP contribution is 2.34. The quantitative estimate of drug-likeness (QED) is 0.863. The number of rotatable bonds is 4. The summed E-state index contributed by atoms with van der Waals surface area (Å²) in [4.78, 5) is 4.32. The van der Waals surface area contributed by atoms with Gasteiger partial charge < -0.3 is 9.14 Å². The summed E-state index contributed by atoms with van der Waals surface area (Å²) >= 11 is 0. The molecule has 0 atom stereocenters. The van der Waals surface area contributed by atoms with Crippen LogP contribution in [-0.2, 0) is 9.84 Å². The van der Waals surface area contributed by atoms with Crippen molar-refractivity contribution < 1.29 is 13.2 Å². The highest BCUT2D eigenvalue weighted by molar-refractivity contribution is 7.92. The Hall–Kier alpha value is -1.56. The fourth-order valence-electron chi connectivity index (χ4n) is 1.77. The highest BCUT2D eigenvalue weighted by atomic mass is 32.2. The van der Waals surface area contributed by atoms with Gasteiger partial charge in [-0.2, -0.15) is 0 Å². The molecule has 5 nitrogen and oxygen atoms in total. The lowest BCUT2D eigenvalue weighted by molar-refractivity contribution is 0.400. The molecule has 0 saturated carbocycles. The Morgan fingerprint density at radius 3 is 2.68 bits per heavy atom. The van der Waals surface area contributed by atoms with Gasteiger partial charge in [-0.3, -0.25) is 0 Å². The van der Waals surface area contributed by atoms with Gasteiger partial charge in [0.1, 0.15) is 16.3 Å². The van der Waals surface area contributed by atoms with E-state index in [0.29, 0.717) is 17.8 Å². The van der Waals surface area contributed by atoms with Crippen LogP contribution in [0.4, 0.5) is 0 Å². The predicted octanol–water partition coefficient (Wildman–Crippen LogP) is 2.31. The molecule has 2 aromatic heterocycles. The van der Waals surface area contributed by atoms with Gasteiger partial charge in [0.25, 0.3) is 0 Å². The average molecular weight is 282 g/mol. The van der Waals surface area contributed by atoms with Crippen molar-refractivity contribution in [1.29, 1.82) is 0 Å². The first-order valence-corrected chi connectivity index (χ1v) is 7.57. The molecule has 0 aliphatic rings. The molecule has 0 saturated heterocycles. The van der Waals surface area contributed by atoms with Crippen molar-refractivity contribution >= 4 is 15.5 Å². The highest BCUT2D eigenvalue weighted by Gasteiger charge is 2.36. The molecule has 0 fully saturated rings. The Labute approximate surface area is 113 Å². The van der Waals surface area contributed by atoms with E-state index in [1.165, 1.54) is 7.11 Å². The van der Waals surface area contributed by atoms with Gasteiger partial charge in [-0.1, -0.05) is 6.92 Å². The van der Waals surface area contributed by atoms with Crippen molar-refractivity contribution in [2.45, 2.75) is 36.8 Å². The molecule has 0 amide bonds. The molecule has 6 heteroatoms. The van der Waals surface area contributed by atoms with Crippen LogP contribution in [0.1, 0.15) is 27.2 Å². The van der Waals surface area contributed by atoms with Crippen LogP contribution in [0.3, 0.4) is 0 Å². The summed E-state index contributed by atoms with van der Waals surface area (Å²) in [6.07, 6.45) is 5.43. The molecular weight excluding hydrogens is 264 g/mol. The van der Waals surface area contributed by atoms with Gasteiger partial charge in [-0.15, -0.1) is 0 Å². The lowest BCUT2D eigenvalue weighted by atomic mass is 10.1. The molecule has 2 rings (SSSR count).